The van der Waals surface area contributed by atoms with Crippen molar-refractivity contribution >= 4 is 5.91 Å². The molecular formula is C16H19N3O2. The summed E-state index contributed by atoms with van der Waals surface area (Å²) >= 11 is 0. The number of hydrogen-bond donors (Lipinski definition) is 2. The van der Waals surface area contributed by atoms with Gasteiger partial charge in [0.15, 0.2) is 0 Å². The van der Waals surface area contributed by atoms with Crippen molar-refractivity contribution in [2.45, 2.75) is 39.0 Å². The molecule has 1 heterocycles. The first-order valence-electron chi connectivity index (χ1n) is 7.21. The average molecular weight is 285 g/mol. The average Bonchev–Trinajstić information content (AvgIpc) is 3.00. The van der Waals surface area contributed by atoms with Crippen LogP contribution in [0.5, 0.6) is 0 Å². The Kier molecular flexibility index (Phi) is 3.51. The number of aromatic nitrogens is 2. The molecular weight excluding hydrogens is 266 g/mol. The Labute approximate surface area is 123 Å². The lowest BCUT2D eigenvalue weighted by Crippen LogP contribution is -2.35. The molecule has 0 saturated heterocycles. The molecule has 0 bridgehead atoms. The molecule has 0 radical (unpaired) electrons. The fourth-order valence-electron chi connectivity index (χ4n) is 2.93. The van der Waals surface area contributed by atoms with E-state index in [9.17, 15) is 9.90 Å². The monoisotopic (exact) mass is 285 g/mol. The van der Waals surface area contributed by atoms with E-state index in [2.05, 4.69) is 10.4 Å². The third-order valence-electron chi connectivity index (χ3n) is 3.92. The van der Waals surface area contributed by atoms with Crippen LogP contribution >= 0.6 is 0 Å². The van der Waals surface area contributed by atoms with E-state index in [1.54, 1.807) is 10.7 Å². The van der Waals surface area contributed by atoms with Crippen LogP contribution in [-0.4, -0.2) is 26.9 Å². The van der Waals surface area contributed by atoms with Gasteiger partial charge in [-0.15, -0.1) is 0 Å². The predicted octanol–water partition coefficient (Wildman–Crippen LogP) is 1.60. The number of hydrogen-bond acceptors (Lipinski definition) is 3. The third kappa shape index (κ3) is 2.45. The van der Waals surface area contributed by atoms with E-state index < -0.39 is 6.10 Å². The van der Waals surface area contributed by atoms with Gasteiger partial charge in [-0.2, -0.15) is 5.10 Å². The van der Waals surface area contributed by atoms with Crippen LogP contribution in [0.3, 0.4) is 0 Å². The van der Waals surface area contributed by atoms with E-state index >= 15 is 0 Å². The molecule has 2 atom stereocenters. The van der Waals surface area contributed by atoms with Crippen molar-refractivity contribution in [2.24, 2.45) is 0 Å². The molecule has 1 aliphatic rings. The van der Waals surface area contributed by atoms with Crippen LogP contribution in [0.1, 0.15) is 40.3 Å². The summed E-state index contributed by atoms with van der Waals surface area (Å²) in [6.45, 7) is 4.45. The molecule has 0 aliphatic heterocycles. The SMILES string of the molecule is CCn1nc(C)cc1C(=O)N[C@H]1c2ccccc2C[C@H]1O. The zero-order valence-electron chi connectivity index (χ0n) is 12.2. The standard InChI is InChI=1S/C16H19N3O2/c1-3-19-13(8-10(2)18-19)16(21)17-15-12-7-5-4-6-11(12)9-14(15)20/h4-8,14-15,20H,3,9H2,1-2H3,(H,17,21)/t14-,15+/m1/s1. The maximum absolute atomic E-state index is 12.5. The molecule has 2 N–H and O–H groups in total. The van der Waals surface area contributed by atoms with Crippen molar-refractivity contribution in [3.05, 3.63) is 52.8 Å². The van der Waals surface area contributed by atoms with Crippen LogP contribution in [0.15, 0.2) is 30.3 Å². The number of carbonyl (C=O) groups excluding carboxylic acids is 1. The summed E-state index contributed by atoms with van der Waals surface area (Å²) in [5.41, 5.74) is 3.44. The van der Waals surface area contributed by atoms with Crippen LogP contribution in [0, 0.1) is 6.92 Å². The van der Waals surface area contributed by atoms with Gasteiger partial charge in [0.05, 0.1) is 17.8 Å². The van der Waals surface area contributed by atoms with Gasteiger partial charge in [0.2, 0.25) is 0 Å². The molecule has 5 nitrogen and oxygen atoms in total. The Hall–Kier alpha value is -2.14. The first-order valence-corrected chi connectivity index (χ1v) is 7.21. The van der Waals surface area contributed by atoms with Gasteiger partial charge >= 0.3 is 0 Å². The molecule has 0 spiro atoms. The van der Waals surface area contributed by atoms with Gasteiger partial charge in [0, 0.05) is 13.0 Å². The number of benzene rings is 1. The van der Waals surface area contributed by atoms with Crippen LogP contribution in [0.2, 0.25) is 0 Å². The topological polar surface area (TPSA) is 67.2 Å². The lowest BCUT2D eigenvalue weighted by molar-refractivity contribution is 0.0848. The maximum Gasteiger partial charge on any atom is 0.270 e. The molecule has 21 heavy (non-hydrogen) atoms. The summed E-state index contributed by atoms with van der Waals surface area (Å²) in [7, 11) is 0. The van der Waals surface area contributed by atoms with Crippen molar-refractivity contribution in [1.82, 2.24) is 15.1 Å². The minimum Gasteiger partial charge on any atom is -0.390 e. The zero-order chi connectivity index (χ0) is 15.0. The Morgan fingerprint density at radius 3 is 3.00 bits per heavy atom. The van der Waals surface area contributed by atoms with E-state index in [1.165, 1.54) is 0 Å². The summed E-state index contributed by atoms with van der Waals surface area (Å²) in [5, 5.41) is 17.4. The Morgan fingerprint density at radius 1 is 1.48 bits per heavy atom. The quantitative estimate of drug-likeness (QED) is 0.900. The maximum atomic E-state index is 12.5. The van der Waals surface area contributed by atoms with Gasteiger partial charge in [-0.3, -0.25) is 9.48 Å². The highest BCUT2D eigenvalue weighted by atomic mass is 16.3. The number of rotatable bonds is 3. The molecule has 0 saturated carbocycles. The van der Waals surface area contributed by atoms with Gasteiger partial charge in [-0.05, 0) is 31.0 Å². The normalized spacial score (nSPS) is 20.3. The summed E-state index contributed by atoms with van der Waals surface area (Å²) < 4.78 is 1.68. The number of carbonyl (C=O) groups is 1. The predicted molar refractivity (Wildman–Crippen MR) is 79.0 cm³/mol. The molecule has 3 rings (SSSR count). The number of amides is 1. The molecule has 2 aromatic rings. The smallest absolute Gasteiger partial charge is 0.270 e. The molecule has 1 aliphatic carbocycles. The molecule has 1 aromatic heterocycles. The second-order valence-corrected chi connectivity index (χ2v) is 5.41. The van der Waals surface area contributed by atoms with Crippen molar-refractivity contribution in [3.8, 4) is 0 Å². The number of nitrogens with one attached hydrogen (secondary N) is 1. The fraction of sp³-hybridized carbons (Fsp3) is 0.375. The number of nitrogens with zero attached hydrogens (tertiary/aromatic N) is 2. The van der Waals surface area contributed by atoms with Crippen molar-refractivity contribution in [3.63, 3.8) is 0 Å². The van der Waals surface area contributed by atoms with Crippen molar-refractivity contribution in [1.29, 1.82) is 0 Å². The van der Waals surface area contributed by atoms with Gasteiger partial charge in [-0.25, -0.2) is 0 Å². The van der Waals surface area contributed by atoms with Gasteiger partial charge in [0.25, 0.3) is 5.91 Å². The highest BCUT2D eigenvalue weighted by Gasteiger charge is 2.32. The van der Waals surface area contributed by atoms with Crippen LogP contribution in [0.4, 0.5) is 0 Å². The van der Waals surface area contributed by atoms with Crippen molar-refractivity contribution < 1.29 is 9.90 Å². The lowest BCUT2D eigenvalue weighted by Gasteiger charge is -2.18. The Bertz CT molecular complexity index is 678. The van der Waals surface area contributed by atoms with E-state index in [0.717, 1.165) is 16.8 Å². The molecule has 1 amide bonds. The van der Waals surface area contributed by atoms with E-state index in [4.69, 9.17) is 0 Å². The second-order valence-electron chi connectivity index (χ2n) is 5.41. The summed E-state index contributed by atoms with van der Waals surface area (Å²) in [6, 6.07) is 9.24. The lowest BCUT2D eigenvalue weighted by atomic mass is 10.1. The molecule has 0 fully saturated rings. The minimum atomic E-state index is -0.578. The summed E-state index contributed by atoms with van der Waals surface area (Å²) in [5.74, 6) is -0.196. The third-order valence-corrected chi connectivity index (χ3v) is 3.92. The highest BCUT2D eigenvalue weighted by molar-refractivity contribution is 5.93. The van der Waals surface area contributed by atoms with E-state index in [1.807, 2.05) is 38.1 Å². The van der Waals surface area contributed by atoms with Crippen molar-refractivity contribution in [2.75, 3.05) is 0 Å². The van der Waals surface area contributed by atoms with Gasteiger partial charge in [-0.1, -0.05) is 24.3 Å². The summed E-state index contributed by atoms with van der Waals surface area (Å²) in [4.78, 5) is 12.5. The van der Waals surface area contributed by atoms with Crippen LogP contribution < -0.4 is 5.32 Å². The van der Waals surface area contributed by atoms with Gasteiger partial charge < -0.3 is 10.4 Å². The second kappa shape index (κ2) is 5.33. The number of fused-ring (bicyclic) bond motifs is 1. The van der Waals surface area contributed by atoms with Gasteiger partial charge in [0.1, 0.15) is 5.69 Å². The first kappa shape index (κ1) is 13.8. The van der Waals surface area contributed by atoms with E-state index in [-0.39, 0.29) is 11.9 Å². The fourth-order valence-corrected chi connectivity index (χ4v) is 2.93. The Balaban J connectivity index is 1.85. The largest absolute Gasteiger partial charge is 0.390 e. The van der Waals surface area contributed by atoms with Crippen LogP contribution in [-0.2, 0) is 13.0 Å². The highest BCUT2D eigenvalue weighted by Crippen LogP contribution is 2.31. The van der Waals surface area contributed by atoms with Crippen LogP contribution in [0.25, 0.3) is 0 Å². The van der Waals surface area contributed by atoms with E-state index in [0.29, 0.717) is 18.7 Å². The number of aliphatic hydroxyl groups excluding tert-OH is 1. The molecule has 1 aromatic carbocycles. The Morgan fingerprint density at radius 2 is 2.24 bits per heavy atom. The minimum absolute atomic E-state index is 0.196. The first-order chi connectivity index (χ1) is 10.1. The summed E-state index contributed by atoms with van der Waals surface area (Å²) in [6.07, 6.45) is -0.00172. The molecule has 5 heteroatoms. The molecule has 110 valence electrons. The number of aryl methyl sites for hydroxylation is 2. The zero-order valence-corrected chi connectivity index (χ0v) is 12.2. The number of aliphatic hydroxyl groups is 1. The molecule has 0 unspecified atom stereocenters.